The van der Waals surface area contributed by atoms with Gasteiger partial charge < -0.3 is 0 Å². The van der Waals surface area contributed by atoms with E-state index >= 15 is 0 Å². The minimum absolute atomic E-state index is 0.0656. The van der Waals surface area contributed by atoms with Crippen LogP contribution in [-0.2, 0) is 15.3 Å². The third kappa shape index (κ3) is 3.84. The SMILES string of the molecule is CC(C)[C@@H]1CC[C@@H](C)C[C@H]1OS(=O)c1ccccc1Cl. The van der Waals surface area contributed by atoms with E-state index in [-0.39, 0.29) is 6.10 Å². The molecule has 4 atom stereocenters. The summed E-state index contributed by atoms with van der Waals surface area (Å²) in [6.07, 6.45) is 3.44. The zero-order valence-corrected chi connectivity index (χ0v) is 13.9. The molecule has 4 heteroatoms. The molecule has 0 spiro atoms. The van der Waals surface area contributed by atoms with Crippen molar-refractivity contribution in [2.75, 3.05) is 0 Å². The summed E-state index contributed by atoms with van der Waals surface area (Å²) < 4.78 is 18.3. The van der Waals surface area contributed by atoms with E-state index in [1.807, 2.05) is 12.1 Å². The molecule has 0 amide bonds. The Bertz CT molecular complexity index is 475. The maximum atomic E-state index is 12.4. The lowest BCUT2D eigenvalue weighted by molar-refractivity contribution is 0.0567. The molecule has 0 N–H and O–H groups in total. The second kappa shape index (κ2) is 7.06. The molecular formula is C16H23ClO2S. The fourth-order valence-corrected chi connectivity index (χ4v) is 4.26. The smallest absolute Gasteiger partial charge is 0.190 e. The van der Waals surface area contributed by atoms with Crippen molar-refractivity contribution in [2.45, 2.75) is 51.0 Å². The average Bonchev–Trinajstić information content (AvgIpc) is 2.38. The summed E-state index contributed by atoms with van der Waals surface area (Å²) in [6, 6.07) is 7.20. The van der Waals surface area contributed by atoms with Crippen molar-refractivity contribution in [3.8, 4) is 0 Å². The van der Waals surface area contributed by atoms with E-state index in [9.17, 15) is 4.21 Å². The number of hydrogen-bond donors (Lipinski definition) is 0. The fraction of sp³-hybridized carbons (Fsp3) is 0.625. The lowest BCUT2D eigenvalue weighted by atomic mass is 9.75. The van der Waals surface area contributed by atoms with Crippen molar-refractivity contribution in [3.05, 3.63) is 29.3 Å². The molecule has 0 saturated heterocycles. The molecule has 1 fully saturated rings. The Labute approximate surface area is 129 Å². The summed E-state index contributed by atoms with van der Waals surface area (Å²) >= 11 is 4.61. The molecule has 0 aromatic heterocycles. The predicted molar refractivity (Wildman–Crippen MR) is 84.1 cm³/mol. The first-order chi connectivity index (χ1) is 9.49. The van der Waals surface area contributed by atoms with Crippen LogP contribution in [0.25, 0.3) is 0 Å². The maximum Gasteiger partial charge on any atom is 0.190 e. The summed E-state index contributed by atoms with van der Waals surface area (Å²) in [5.41, 5.74) is 0. The van der Waals surface area contributed by atoms with Gasteiger partial charge >= 0.3 is 0 Å². The largest absolute Gasteiger partial charge is 0.283 e. The highest BCUT2D eigenvalue weighted by atomic mass is 35.5. The van der Waals surface area contributed by atoms with Crippen LogP contribution >= 0.6 is 11.6 Å². The van der Waals surface area contributed by atoms with Crippen LogP contribution in [0.5, 0.6) is 0 Å². The number of rotatable bonds is 4. The van der Waals surface area contributed by atoms with Crippen LogP contribution in [0.2, 0.25) is 5.02 Å². The second-order valence-corrected chi connectivity index (χ2v) is 7.63. The van der Waals surface area contributed by atoms with Gasteiger partial charge in [-0.3, -0.25) is 4.18 Å². The molecule has 1 aromatic rings. The van der Waals surface area contributed by atoms with E-state index in [0.717, 1.165) is 12.8 Å². The van der Waals surface area contributed by atoms with Crippen LogP contribution in [0.3, 0.4) is 0 Å². The van der Waals surface area contributed by atoms with E-state index < -0.39 is 11.1 Å². The molecule has 20 heavy (non-hydrogen) atoms. The predicted octanol–water partition coefficient (Wildman–Crippen LogP) is 4.84. The van der Waals surface area contributed by atoms with Crippen LogP contribution in [0.1, 0.15) is 40.0 Å². The normalized spacial score (nSPS) is 28.6. The highest BCUT2D eigenvalue weighted by Crippen LogP contribution is 2.36. The quantitative estimate of drug-likeness (QED) is 0.795. The third-order valence-electron chi connectivity index (χ3n) is 4.19. The van der Waals surface area contributed by atoms with E-state index in [1.165, 1.54) is 6.42 Å². The van der Waals surface area contributed by atoms with Gasteiger partial charge in [0, 0.05) is 0 Å². The molecule has 0 aliphatic heterocycles. The van der Waals surface area contributed by atoms with Crippen molar-refractivity contribution in [2.24, 2.45) is 17.8 Å². The Kier molecular flexibility index (Phi) is 5.65. The van der Waals surface area contributed by atoms with Crippen molar-refractivity contribution in [1.82, 2.24) is 0 Å². The van der Waals surface area contributed by atoms with Crippen molar-refractivity contribution in [3.63, 3.8) is 0 Å². The molecule has 1 aliphatic rings. The molecule has 112 valence electrons. The molecule has 1 aliphatic carbocycles. The summed E-state index contributed by atoms with van der Waals surface area (Å²) in [4.78, 5) is 0.579. The van der Waals surface area contributed by atoms with Gasteiger partial charge in [0.25, 0.3) is 0 Å². The van der Waals surface area contributed by atoms with Crippen molar-refractivity contribution < 1.29 is 8.39 Å². The lowest BCUT2D eigenvalue weighted by Gasteiger charge is -2.36. The fourth-order valence-electron chi connectivity index (χ4n) is 2.97. The molecule has 2 rings (SSSR count). The van der Waals surface area contributed by atoms with Gasteiger partial charge in [0.15, 0.2) is 11.1 Å². The van der Waals surface area contributed by atoms with E-state index in [0.29, 0.717) is 27.7 Å². The van der Waals surface area contributed by atoms with Gasteiger partial charge in [-0.05, 0) is 42.7 Å². The molecule has 1 aromatic carbocycles. The lowest BCUT2D eigenvalue weighted by Crippen LogP contribution is -2.34. The van der Waals surface area contributed by atoms with Gasteiger partial charge in [-0.25, -0.2) is 4.21 Å². The van der Waals surface area contributed by atoms with Gasteiger partial charge in [0.1, 0.15) is 0 Å². The topological polar surface area (TPSA) is 26.3 Å². The monoisotopic (exact) mass is 314 g/mol. The Hall–Kier alpha value is -0.380. The van der Waals surface area contributed by atoms with E-state index in [4.69, 9.17) is 15.8 Å². The van der Waals surface area contributed by atoms with Crippen LogP contribution in [-0.4, -0.2) is 10.3 Å². The van der Waals surface area contributed by atoms with Crippen LogP contribution in [0, 0.1) is 17.8 Å². The van der Waals surface area contributed by atoms with Gasteiger partial charge in [-0.1, -0.05) is 50.9 Å². The Morgan fingerprint density at radius 2 is 2.00 bits per heavy atom. The second-order valence-electron chi connectivity index (χ2n) is 6.13. The third-order valence-corrected chi connectivity index (χ3v) is 5.77. The summed E-state index contributed by atoms with van der Waals surface area (Å²) in [5.74, 6) is 1.67. The van der Waals surface area contributed by atoms with Crippen LogP contribution < -0.4 is 0 Å². The van der Waals surface area contributed by atoms with Gasteiger partial charge in [-0.2, -0.15) is 0 Å². The van der Waals surface area contributed by atoms with Gasteiger partial charge in [0.2, 0.25) is 0 Å². The molecule has 0 radical (unpaired) electrons. The number of hydrogen-bond acceptors (Lipinski definition) is 2. The standard InChI is InChI=1S/C16H23ClO2S/c1-11(2)13-9-8-12(3)10-15(13)19-20(18)16-7-5-4-6-14(16)17/h4-7,11-13,15H,8-10H2,1-3H3/t12-,13+,15-,20?/m1/s1. The summed E-state index contributed by atoms with van der Waals surface area (Å²) in [5, 5.41) is 0.510. The molecule has 0 heterocycles. The van der Waals surface area contributed by atoms with Crippen LogP contribution in [0.15, 0.2) is 29.2 Å². The molecular weight excluding hydrogens is 292 g/mol. The van der Waals surface area contributed by atoms with Gasteiger partial charge in [0.05, 0.1) is 16.0 Å². The highest BCUT2D eigenvalue weighted by molar-refractivity contribution is 7.80. The minimum atomic E-state index is -1.48. The van der Waals surface area contributed by atoms with Crippen molar-refractivity contribution >= 4 is 22.7 Å². The summed E-state index contributed by atoms with van der Waals surface area (Å²) in [7, 11) is 0. The molecule has 0 bridgehead atoms. The zero-order valence-electron chi connectivity index (χ0n) is 12.3. The molecule has 1 saturated carbocycles. The minimum Gasteiger partial charge on any atom is -0.283 e. The zero-order chi connectivity index (χ0) is 14.7. The van der Waals surface area contributed by atoms with E-state index in [2.05, 4.69) is 20.8 Å². The molecule has 2 nitrogen and oxygen atoms in total. The van der Waals surface area contributed by atoms with E-state index in [1.54, 1.807) is 12.1 Å². The first-order valence-electron chi connectivity index (χ1n) is 7.32. The number of halogens is 1. The highest BCUT2D eigenvalue weighted by Gasteiger charge is 2.33. The molecule has 1 unspecified atom stereocenters. The number of benzene rings is 1. The van der Waals surface area contributed by atoms with Crippen LogP contribution in [0.4, 0.5) is 0 Å². The Morgan fingerprint density at radius 3 is 2.65 bits per heavy atom. The maximum absolute atomic E-state index is 12.4. The van der Waals surface area contributed by atoms with Gasteiger partial charge in [-0.15, -0.1) is 0 Å². The Morgan fingerprint density at radius 1 is 1.30 bits per heavy atom. The average molecular weight is 315 g/mol. The van der Waals surface area contributed by atoms with Crippen molar-refractivity contribution in [1.29, 1.82) is 0 Å². The first-order valence-corrected chi connectivity index (χ1v) is 8.77. The first kappa shape index (κ1) is 16.0. The Balaban J connectivity index is 2.10. The summed E-state index contributed by atoms with van der Waals surface area (Å²) in [6.45, 7) is 6.68.